The van der Waals surface area contributed by atoms with E-state index in [1.165, 1.54) is 18.2 Å². The molecule has 1 aliphatic heterocycles. The number of carbonyl (C=O) groups is 1. The Kier molecular flexibility index (Phi) is 9.82. The second-order valence-corrected chi connectivity index (χ2v) is 9.10. The summed E-state index contributed by atoms with van der Waals surface area (Å²) in [5.41, 5.74) is 5.92. The lowest BCUT2D eigenvalue weighted by Crippen LogP contribution is -2.62. The second-order valence-electron chi connectivity index (χ2n) is 8.69. The minimum absolute atomic E-state index is 0.265. The van der Waals surface area contributed by atoms with Crippen molar-refractivity contribution in [2.75, 3.05) is 32.5 Å². The van der Waals surface area contributed by atoms with Crippen molar-refractivity contribution >= 4 is 23.2 Å². The first-order chi connectivity index (χ1) is 17.3. The molecule has 3 rings (SSSR count). The van der Waals surface area contributed by atoms with E-state index in [-0.39, 0.29) is 28.4 Å². The fourth-order valence-corrected chi connectivity index (χ4v) is 4.47. The third-order valence-corrected chi connectivity index (χ3v) is 6.53. The molecule has 1 saturated heterocycles. The third-order valence-electron chi connectivity index (χ3n) is 6.20. The van der Waals surface area contributed by atoms with Crippen LogP contribution >= 0.6 is 11.6 Å². The van der Waals surface area contributed by atoms with E-state index in [4.69, 9.17) is 31.5 Å². The Morgan fingerprint density at radius 3 is 2.81 bits per heavy atom. The molecule has 2 aromatic carbocycles. The van der Waals surface area contributed by atoms with Gasteiger partial charge in [-0.05, 0) is 70.0 Å². The van der Waals surface area contributed by atoms with Crippen LogP contribution in [-0.2, 0) is 4.74 Å². The molecule has 36 heavy (non-hydrogen) atoms. The van der Waals surface area contributed by atoms with Crippen LogP contribution in [-0.4, -0.2) is 50.5 Å². The van der Waals surface area contributed by atoms with Crippen LogP contribution in [0.3, 0.4) is 0 Å². The van der Waals surface area contributed by atoms with Gasteiger partial charge in [0.2, 0.25) is 0 Å². The van der Waals surface area contributed by atoms with E-state index in [2.05, 4.69) is 22.5 Å². The van der Waals surface area contributed by atoms with E-state index in [0.29, 0.717) is 49.6 Å². The van der Waals surface area contributed by atoms with E-state index in [1.807, 2.05) is 0 Å². The maximum Gasteiger partial charge on any atom is 0.255 e. The van der Waals surface area contributed by atoms with Crippen LogP contribution in [0.4, 0.5) is 10.1 Å². The predicted molar refractivity (Wildman–Crippen MR) is 139 cm³/mol. The van der Waals surface area contributed by atoms with E-state index in [9.17, 15) is 9.18 Å². The van der Waals surface area contributed by atoms with Crippen molar-refractivity contribution in [3.8, 4) is 23.3 Å². The summed E-state index contributed by atoms with van der Waals surface area (Å²) in [6.07, 6.45) is 1.56. The van der Waals surface area contributed by atoms with Crippen molar-refractivity contribution in [2.45, 2.75) is 50.9 Å². The molecule has 2 unspecified atom stereocenters. The van der Waals surface area contributed by atoms with Gasteiger partial charge in [0.05, 0.1) is 28.9 Å². The fourth-order valence-electron chi connectivity index (χ4n) is 4.31. The minimum atomic E-state index is -0.639. The number of halogens is 2. The summed E-state index contributed by atoms with van der Waals surface area (Å²) in [6, 6.07) is 8.70. The van der Waals surface area contributed by atoms with Crippen molar-refractivity contribution in [3.05, 3.63) is 52.8 Å². The lowest BCUT2D eigenvalue weighted by molar-refractivity contribution is -0.0600. The van der Waals surface area contributed by atoms with Gasteiger partial charge >= 0.3 is 0 Å². The first kappa shape index (κ1) is 27.6. The highest BCUT2D eigenvalue weighted by Crippen LogP contribution is 2.32. The fraction of sp³-hybridized carbons (Fsp3) is 0.444. The number of hydrogen-bond donors (Lipinski definition) is 3. The Morgan fingerprint density at radius 2 is 2.11 bits per heavy atom. The average Bonchev–Trinajstić information content (AvgIpc) is 2.86. The molecule has 0 saturated carbocycles. The van der Waals surface area contributed by atoms with Crippen LogP contribution in [0.2, 0.25) is 5.02 Å². The molecule has 0 aromatic heterocycles. The van der Waals surface area contributed by atoms with Crippen LogP contribution in [0, 0.1) is 17.7 Å². The molecule has 0 spiro atoms. The number of nitrogens with one attached hydrogen (secondary N) is 2. The summed E-state index contributed by atoms with van der Waals surface area (Å²) in [5, 5.41) is 6.77. The molecule has 1 aliphatic rings. The second kappa shape index (κ2) is 12.8. The van der Waals surface area contributed by atoms with Crippen molar-refractivity contribution in [1.29, 1.82) is 0 Å². The molecule has 4 N–H and O–H groups in total. The van der Waals surface area contributed by atoms with Gasteiger partial charge in [0.15, 0.2) is 6.10 Å². The normalized spacial score (nSPS) is 20.1. The third kappa shape index (κ3) is 7.03. The number of carbonyl (C=O) groups excluding carboxylic acids is 1. The Morgan fingerprint density at radius 1 is 1.36 bits per heavy atom. The Bertz CT molecular complexity index is 1100. The molecule has 1 fully saturated rings. The molecule has 9 heteroatoms. The van der Waals surface area contributed by atoms with Crippen LogP contribution in [0.1, 0.15) is 43.5 Å². The zero-order valence-corrected chi connectivity index (χ0v) is 21.6. The van der Waals surface area contributed by atoms with E-state index in [1.54, 1.807) is 39.2 Å². The van der Waals surface area contributed by atoms with Crippen molar-refractivity contribution in [1.82, 2.24) is 10.6 Å². The number of ether oxygens (including phenoxy) is 3. The molecule has 2 aromatic rings. The van der Waals surface area contributed by atoms with Crippen molar-refractivity contribution < 1.29 is 23.4 Å². The van der Waals surface area contributed by atoms with Gasteiger partial charge in [0.1, 0.15) is 22.9 Å². The number of piperidine rings is 1. The Hall–Kier alpha value is -2.99. The van der Waals surface area contributed by atoms with E-state index < -0.39 is 11.7 Å². The molecule has 194 valence electrons. The van der Waals surface area contributed by atoms with E-state index in [0.717, 1.165) is 6.54 Å². The first-order valence-electron chi connectivity index (χ1n) is 11.9. The van der Waals surface area contributed by atoms with Crippen LogP contribution in [0.15, 0.2) is 36.4 Å². The summed E-state index contributed by atoms with van der Waals surface area (Å²) in [4.78, 5) is 13.4. The van der Waals surface area contributed by atoms with Crippen LogP contribution in [0.25, 0.3) is 0 Å². The number of anilines is 1. The first-order valence-corrected chi connectivity index (χ1v) is 12.3. The molecule has 1 amide bonds. The molecule has 1 heterocycles. The minimum Gasteiger partial charge on any atom is -0.494 e. The lowest BCUT2D eigenvalue weighted by atomic mass is 9.84. The zero-order chi connectivity index (χ0) is 26.1. The Balaban J connectivity index is 1.72. The highest BCUT2D eigenvalue weighted by atomic mass is 35.5. The van der Waals surface area contributed by atoms with Gasteiger partial charge in [-0.2, -0.15) is 0 Å². The summed E-state index contributed by atoms with van der Waals surface area (Å²) >= 11 is 6.24. The van der Waals surface area contributed by atoms with Gasteiger partial charge in [0.25, 0.3) is 5.91 Å². The summed E-state index contributed by atoms with van der Waals surface area (Å²) in [5.74, 6) is 5.98. The van der Waals surface area contributed by atoms with Crippen LogP contribution < -0.4 is 25.8 Å². The van der Waals surface area contributed by atoms with Crippen molar-refractivity contribution in [3.63, 3.8) is 0 Å². The molecular weight excluding hydrogens is 485 g/mol. The molecule has 0 aliphatic carbocycles. The number of amides is 1. The monoisotopic (exact) mass is 517 g/mol. The predicted octanol–water partition coefficient (Wildman–Crippen LogP) is 4.19. The molecule has 3 atom stereocenters. The van der Waals surface area contributed by atoms with E-state index >= 15 is 0 Å². The number of benzene rings is 2. The highest BCUT2D eigenvalue weighted by Gasteiger charge is 2.42. The van der Waals surface area contributed by atoms with Crippen molar-refractivity contribution in [2.24, 2.45) is 0 Å². The number of nitrogen functional groups attached to an aromatic ring is 1. The molecule has 7 nitrogen and oxygen atoms in total. The summed E-state index contributed by atoms with van der Waals surface area (Å²) in [6.45, 7) is 5.24. The lowest BCUT2D eigenvalue weighted by Gasteiger charge is -2.44. The number of hydrogen-bond acceptors (Lipinski definition) is 6. The average molecular weight is 518 g/mol. The summed E-state index contributed by atoms with van der Waals surface area (Å²) < 4.78 is 30.7. The smallest absolute Gasteiger partial charge is 0.255 e. The standard InChI is InChI=1S/C27H33ClFN3O4/c1-4-6-18(2)36-24-16-23(30)22(28)15-21(24)26(33)32-25-11-13-31-17-27(25,34-3)12-5-14-35-20-9-7-19(29)8-10-20/h7-10,15-16,18,25,31H,5,11-14,17,30H2,1-3H3,(H,32,33)/t18-,25?,27?/m0/s1. The maximum atomic E-state index is 13.4. The SMILES string of the molecule is CC#C[C@H](C)Oc1cc(N)c(Cl)cc1C(=O)NC1CCNCC1(CCCOc1ccc(F)cc1)OC. The number of methoxy groups -OCH3 is 1. The van der Waals surface area contributed by atoms with Crippen LogP contribution in [0.5, 0.6) is 11.5 Å². The molecule has 0 bridgehead atoms. The van der Waals surface area contributed by atoms with Gasteiger partial charge < -0.3 is 30.6 Å². The topological polar surface area (TPSA) is 94.8 Å². The highest BCUT2D eigenvalue weighted by molar-refractivity contribution is 6.33. The maximum absolute atomic E-state index is 13.4. The van der Waals surface area contributed by atoms with Gasteiger partial charge in [0, 0.05) is 19.7 Å². The molecular formula is C27H33ClFN3O4. The van der Waals surface area contributed by atoms with Gasteiger partial charge in [-0.3, -0.25) is 4.79 Å². The summed E-state index contributed by atoms with van der Waals surface area (Å²) in [7, 11) is 1.65. The largest absolute Gasteiger partial charge is 0.494 e. The van der Waals surface area contributed by atoms with Gasteiger partial charge in [-0.25, -0.2) is 4.39 Å². The zero-order valence-electron chi connectivity index (χ0n) is 20.8. The van der Waals surface area contributed by atoms with Gasteiger partial charge in [-0.15, -0.1) is 5.92 Å². The molecule has 0 radical (unpaired) electrons. The quantitative estimate of drug-likeness (QED) is 0.248. The number of nitrogens with two attached hydrogens (primary N) is 1. The Labute approximate surface area is 216 Å². The van der Waals surface area contributed by atoms with Gasteiger partial charge in [-0.1, -0.05) is 17.5 Å². The number of rotatable bonds is 10.